The number of amides is 1. The van der Waals surface area contributed by atoms with Gasteiger partial charge in [-0.25, -0.2) is 4.39 Å². The van der Waals surface area contributed by atoms with Crippen molar-refractivity contribution in [2.75, 3.05) is 6.54 Å². The second-order valence-electron chi connectivity index (χ2n) is 6.42. The molecule has 1 aromatic carbocycles. The fourth-order valence-electron chi connectivity index (χ4n) is 3.58. The van der Waals surface area contributed by atoms with Crippen molar-refractivity contribution in [2.45, 2.75) is 25.3 Å². The van der Waals surface area contributed by atoms with Crippen molar-refractivity contribution in [3.63, 3.8) is 0 Å². The molecule has 1 fully saturated rings. The summed E-state index contributed by atoms with van der Waals surface area (Å²) in [6.45, 7) is 0.604. The summed E-state index contributed by atoms with van der Waals surface area (Å²) in [5, 5.41) is 7.27. The van der Waals surface area contributed by atoms with E-state index in [1.807, 2.05) is 12.1 Å². The normalized spacial score (nSPS) is 17.3. The van der Waals surface area contributed by atoms with E-state index < -0.39 is 5.82 Å². The van der Waals surface area contributed by atoms with Crippen molar-refractivity contribution >= 4 is 5.91 Å². The van der Waals surface area contributed by atoms with E-state index in [4.69, 9.17) is 0 Å². The summed E-state index contributed by atoms with van der Waals surface area (Å²) in [4.78, 5) is 18.8. The van der Waals surface area contributed by atoms with Gasteiger partial charge in [0.15, 0.2) is 0 Å². The lowest BCUT2D eigenvalue weighted by Gasteiger charge is -2.35. The van der Waals surface area contributed by atoms with Crippen molar-refractivity contribution in [2.24, 2.45) is 0 Å². The number of halogens is 1. The summed E-state index contributed by atoms with van der Waals surface area (Å²) in [5.74, 6) is -0.760. The highest BCUT2D eigenvalue weighted by Gasteiger charge is 2.32. The van der Waals surface area contributed by atoms with Crippen molar-refractivity contribution in [1.29, 1.82) is 0 Å². The van der Waals surface area contributed by atoms with E-state index in [0.29, 0.717) is 6.54 Å². The number of carbonyl (C=O) groups excluding carboxylic acids is 1. The van der Waals surface area contributed by atoms with Crippen LogP contribution < -0.4 is 0 Å². The number of rotatable bonds is 3. The summed E-state index contributed by atoms with van der Waals surface area (Å²) >= 11 is 0. The number of nitrogens with one attached hydrogen (secondary N) is 1. The lowest BCUT2D eigenvalue weighted by Crippen LogP contribution is -2.39. The monoisotopic (exact) mass is 350 g/mol. The molecule has 132 valence electrons. The molecule has 1 saturated heterocycles. The highest BCUT2D eigenvalue weighted by Crippen LogP contribution is 2.36. The molecule has 0 bridgehead atoms. The quantitative estimate of drug-likeness (QED) is 0.777. The van der Waals surface area contributed by atoms with Gasteiger partial charge in [0.25, 0.3) is 5.91 Å². The number of nitrogens with zero attached hydrogens (tertiary/aromatic N) is 3. The first-order valence-corrected chi connectivity index (χ1v) is 8.75. The standard InChI is InChI=1S/C20H19FN4O/c21-17-6-2-1-5-15(17)20(26)25-12-4-3-7-18(25)19-16(13-23-24-19)14-8-10-22-11-9-14/h1-2,5-6,8-11,13,18H,3-4,7,12H2,(H,23,24). The Balaban J connectivity index is 1.71. The molecule has 6 heteroatoms. The summed E-state index contributed by atoms with van der Waals surface area (Å²) in [6.07, 6.45) is 7.98. The molecule has 3 heterocycles. The fourth-order valence-corrected chi connectivity index (χ4v) is 3.58. The predicted molar refractivity (Wildman–Crippen MR) is 95.8 cm³/mol. The van der Waals surface area contributed by atoms with Gasteiger partial charge < -0.3 is 4.90 Å². The van der Waals surface area contributed by atoms with Gasteiger partial charge in [-0.15, -0.1) is 0 Å². The fraction of sp³-hybridized carbons (Fsp3) is 0.250. The molecule has 3 aromatic rings. The van der Waals surface area contributed by atoms with Crippen LogP contribution in [0.5, 0.6) is 0 Å². The smallest absolute Gasteiger partial charge is 0.257 e. The Morgan fingerprint density at radius 1 is 1.15 bits per heavy atom. The van der Waals surface area contributed by atoms with Crippen LogP contribution in [0.1, 0.15) is 41.4 Å². The van der Waals surface area contributed by atoms with E-state index >= 15 is 0 Å². The second kappa shape index (κ2) is 7.07. The molecule has 0 spiro atoms. The maximum absolute atomic E-state index is 14.1. The van der Waals surface area contributed by atoms with Crippen LogP contribution in [0.25, 0.3) is 11.1 Å². The van der Waals surface area contributed by atoms with Crippen molar-refractivity contribution < 1.29 is 9.18 Å². The largest absolute Gasteiger partial charge is 0.330 e. The van der Waals surface area contributed by atoms with Gasteiger partial charge in [0, 0.05) is 24.5 Å². The Labute approximate surface area is 150 Å². The summed E-state index contributed by atoms with van der Waals surface area (Å²) in [7, 11) is 0. The molecule has 1 atom stereocenters. The number of pyridine rings is 1. The molecule has 2 aromatic heterocycles. The first-order chi connectivity index (χ1) is 12.8. The van der Waals surface area contributed by atoms with E-state index in [2.05, 4.69) is 15.2 Å². The number of H-pyrrole nitrogens is 1. The molecule has 1 aliphatic rings. The maximum Gasteiger partial charge on any atom is 0.257 e. The van der Waals surface area contributed by atoms with E-state index in [-0.39, 0.29) is 17.5 Å². The lowest BCUT2D eigenvalue weighted by molar-refractivity contribution is 0.0602. The number of aromatic nitrogens is 3. The molecule has 1 N–H and O–H groups in total. The van der Waals surface area contributed by atoms with Crippen LogP contribution in [0.2, 0.25) is 0 Å². The van der Waals surface area contributed by atoms with Crippen LogP contribution in [-0.2, 0) is 0 Å². The number of likely N-dealkylation sites (tertiary alicyclic amines) is 1. The van der Waals surface area contributed by atoms with Gasteiger partial charge >= 0.3 is 0 Å². The van der Waals surface area contributed by atoms with E-state index in [0.717, 1.165) is 36.1 Å². The molecule has 0 saturated carbocycles. The first kappa shape index (κ1) is 16.4. The maximum atomic E-state index is 14.1. The SMILES string of the molecule is O=C(c1ccccc1F)N1CCCCC1c1[nH]ncc1-c1ccncc1. The Morgan fingerprint density at radius 3 is 2.77 bits per heavy atom. The van der Waals surface area contributed by atoms with Crippen LogP contribution in [0.4, 0.5) is 4.39 Å². The Kier molecular flexibility index (Phi) is 4.48. The Hall–Kier alpha value is -3.02. The third-order valence-electron chi connectivity index (χ3n) is 4.86. The van der Waals surface area contributed by atoms with Crippen LogP contribution in [0.15, 0.2) is 55.0 Å². The number of hydrogen-bond acceptors (Lipinski definition) is 3. The molecule has 26 heavy (non-hydrogen) atoms. The molecule has 5 nitrogen and oxygen atoms in total. The van der Waals surface area contributed by atoms with Gasteiger partial charge in [-0.1, -0.05) is 12.1 Å². The molecular formula is C20H19FN4O. The van der Waals surface area contributed by atoms with E-state index in [9.17, 15) is 9.18 Å². The highest BCUT2D eigenvalue weighted by atomic mass is 19.1. The molecule has 1 amide bonds. The lowest BCUT2D eigenvalue weighted by atomic mass is 9.94. The number of piperidine rings is 1. The number of carbonyl (C=O) groups is 1. The Morgan fingerprint density at radius 2 is 1.96 bits per heavy atom. The predicted octanol–water partition coefficient (Wildman–Crippen LogP) is 3.98. The van der Waals surface area contributed by atoms with Crippen molar-refractivity contribution in [1.82, 2.24) is 20.1 Å². The van der Waals surface area contributed by atoms with Crippen molar-refractivity contribution in [3.8, 4) is 11.1 Å². The summed E-state index contributed by atoms with van der Waals surface area (Å²) in [6, 6.07) is 9.83. The molecule has 1 unspecified atom stereocenters. The zero-order chi connectivity index (χ0) is 17.9. The Bertz CT molecular complexity index is 909. The van der Waals surface area contributed by atoms with Crippen LogP contribution >= 0.6 is 0 Å². The van der Waals surface area contributed by atoms with Crippen LogP contribution in [0.3, 0.4) is 0 Å². The minimum atomic E-state index is -0.485. The van der Waals surface area contributed by atoms with Crippen molar-refractivity contribution in [3.05, 3.63) is 72.1 Å². The topological polar surface area (TPSA) is 61.9 Å². The molecule has 0 aliphatic carbocycles. The zero-order valence-electron chi connectivity index (χ0n) is 14.2. The van der Waals surface area contributed by atoms with Gasteiger partial charge in [-0.2, -0.15) is 5.10 Å². The second-order valence-corrected chi connectivity index (χ2v) is 6.42. The van der Waals surface area contributed by atoms with Gasteiger partial charge in [0.1, 0.15) is 5.82 Å². The minimum Gasteiger partial charge on any atom is -0.330 e. The molecule has 0 radical (unpaired) electrons. The average molecular weight is 350 g/mol. The van der Waals surface area contributed by atoms with Gasteiger partial charge in [0.05, 0.1) is 23.5 Å². The first-order valence-electron chi connectivity index (χ1n) is 8.75. The molecule has 1 aliphatic heterocycles. The van der Waals surface area contributed by atoms with Crippen LogP contribution in [-0.4, -0.2) is 32.5 Å². The minimum absolute atomic E-state index is 0.115. The van der Waals surface area contributed by atoms with Gasteiger partial charge in [-0.05, 0) is 49.1 Å². The average Bonchev–Trinajstić information content (AvgIpc) is 3.18. The zero-order valence-corrected chi connectivity index (χ0v) is 14.2. The summed E-state index contributed by atoms with van der Waals surface area (Å²) < 4.78 is 14.1. The summed E-state index contributed by atoms with van der Waals surface area (Å²) in [5.41, 5.74) is 2.95. The van der Waals surface area contributed by atoms with Crippen LogP contribution in [0, 0.1) is 5.82 Å². The molecule has 4 rings (SSSR count). The number of hydrogen-bond donors (Lipinski definition) is 1. The van der Waals surface area contributed by atoms with E-state index in [1.165, 1.54) is 6.07 Å². The highest BCUT2D eigenvalue weighted by molar-refractivity contribution is 5.95. The van der Waals surface area contributed by atoms with E-state index in [1.54, 1.807) is 41.7 Å². The van der Waals surface area contributed by atoms with Gasteiger partial charge in [0.2, 0.25) is 0 Å². The third-order valence-corrected chi connectivity index (χ3v) is 4.86. The van der Waals surface area contributed by atoms with Gasteiger partial charge in [-0.3, -0.25) is 14.9 Å². The number of aromatic amines is 1. The number of benzene rings is 1. The third kappa shape index (κ3) is 2.98. The molecular weight excluding hydrogens is 331 g/mol.